The Morgan fingerprint density at radius 3 is 2.73 bits per heavy atom. The third kappa shape index (κ3) is 1.67. The highest BCUT2D eigenvalue weighted by atomic mass is 19.1. The molecule has 1 heterocycles. The molecule has 0 saturated carbocycles. The van der Waals surface area contributed by atoms with Crippen LogP contribution < -0.4 is 5.32 Å². The van der Waals surface area contributed by atoms with Gasteiger partial charge in [-0.1, -0.05) is 18.2 Å². The van der Waals surface area contributed by atoms with Gasteiger partial charge in [0.1, 0.15) is 5.67 Å². The third-order valence-electron chi connectivity index (χ3n) is 3.57. The maximum Gasteiger partial charge on any atom is 0.139 e. The van der Waals surface area contributed by atoms with Crippen LogP contribution in [0.1, 0.15) is 23.1 Å². The fraction of sp³-hybridized carbons (Fsp3) is 0.538. The molecule has 3 rings (SSSR count). The molecular formula is C13H16FN. The average Bonchev–Trinajstić information content (AvgIpc) is 2.62. The normalized spacial score (nSPS) is 22.2. The maximum absolute atomic E-state index is 13.9. The van der Waals surface area contributed by atoms with Crippen LogP contribution in [0.5, 0.6) is 0 Å². The van der Waals surface area contributed by atoms with E-state index in [2.05, 4.69) is 23.5 Å². The van der Waals surface area contributed by atoms with E-state index in [1.807, 2.05) is 0 Å². The van der Waals surface area contributed by atoms with Crippen LogP contribution >= 0.6 is 0 Å². The van der Waals surface area contributed by atoms with Crippen LogP contribution in [0.2, 0.25) is 0 Å². The first-order chi connectivity index (χ1) is 7.25. The smallest absolute Gasteiger partial charge is 0.139 e. The lowest BCUT2D eigenvalue weighted by atomic mass is 9.90. The summed E-state index contributed by atoms with van der Waals surface area (Å²) >= 11 is 0. The van der Waals surface area contributed by atoms with E-state index in [0.29, 0.717) is 19.5 Å². The van der Waals surface area contributed by atoms with E-state index in [1.54, 1.807) is 0 Å². The van der Waals surface area contributed by atoms with E-state index >= 15 is 0 Å². The van der Waals surface area contributed by atoms with Gasteiger partial charge in [-0.2, -0.15) is 0 Å². The van der Waals surface area contributed by atoms with Crippen LogP contribution in [0.15, 0.2) is 18.2 Å². The van der Waals surface area contributed by atoms with Crippen LogP contribution in [0.4, 0.5) is 4.39 Å². The van der Waals surface area contributed by atoms with Crippen molar-refractivity contribution in [1.29, 1.82) is 0 Å². The summed E-state index contributed by atoms with van der Waals surface area (Å²) in [4.78, 5) is 0. The van der Waals surface area contributed by atoms with Crippen LogP contribution in [-0.2, 0) is 19.3 Å². The summed E-state index contributed by atoms with van der Waals surface area (Å²) in [7, 11) is 0. The lowest BCUT2D eigenvalue weighted by molar-refractivity contribution is 0.0912. The SMILES string of the molecule is FC1(Cc2ccc3c(c2)CCC3)CNC1. The average molecular weight is 205 g/mol. The molecule has 15 heavy (non-hydrogen) atoms. The van der Waals surface area contributed by atoms with Crippen LogP contribution in [-0.4, -0.2) is 18.8 Å². The molecule has 1 fully saturated rings. The van der Waals surface area contributed by atoms with Gasteiger partial charge in [-0.05, 0) is 36.0 Å². The highest BCUT2D eigenvalue weighted by Gasteiger charge is 2.36. The molecule has 0 amide bonds. The number of hydrogen-bond donors (Lipinski definition) is 1. The van der Waals surface area contributed by atoms with Crippen molar-refractivity contribution in [3.63, 3.8) is 0 Å². The number of halogens is 1. The number of benzene rings is 1. The zero-order valence-corrected chi connectivity index (χ0v) is 8.85. The molecule has 1 N–H and O–H groups in total. The minimum Gasteiger partial charge on any atom is -0.310 e. The fourth-order valence-corrected chi connectivity index (χ4v) is 2.62. The van der Waals surface area contributed by atoms with Crippen LogP contribution in [0.3, 0.4) is 0 Å². The van der Waals surface area contributed by atoms with Gasteiger partial charge in [0.05, 0.1) is 0 Å². The summed E-state index contributed by atoms with van der Waals surface area (Å²) in [6, 6.07) is 6.50. The standard InChI is InChI=1S/C13H16FN/c14-13(8-15-9-13)7-10-4-5-11-2-1-3-12(11)6-10/h4-6,15H,1-3,7-9H2. The molecule has 0 atom stereocenters. The van der Waals surface area contributed by atoms with Crippen LogP contribution in [0, 0.1) is 0 Å². The Balaban J connectivity index is 1.81. The quantitative estimate of drug-likeness (QED) is 0.779. The van der Waals surface area contributed by atoms with E-state index in [9.17, 15) is 4.39 Å². The van der Waals surface area contributed by atoms with Gasteiger partial charge in [-0.15, -0.1) is 0 Å². The Morgan fingerprint density at radius 1 is 1.20 bits per heavy atom. The first kappa shape index (κ1) is 9.34. The Kier molecular flexibility index (Phi) is 2.06. The van der Waals surface area contributed by atoms with Gasteiger partial charge in [0.2, 0.25) is 0 Å². The summed E-state index contributed by atoms with van der Waals surface area (Å²) in [5.74, 6) is 0. The van der Waals surface area contributed by atoms with Crippen molar-refractivity contribution in [2.24, 2.45) is 0 Å². The molecule has 1 aromatic carbocycles. The predicted octanol–water partition coefficient (Wildman–Crippen LogP) is 2.03. The van der Waals surface area contributed by atoms with E-state index < -0.39 is 5.67 Å². The molecule has 1 nitrogen and oxygen atoms in total. The van der Waals surface area contributed by atoms with Gasteiger partial charge in [-0.25, -0.2) is 4.39 Å². The van der Waals surface area contributed by atoms with E-state index in [4.69, 9.17) is 0 Å². The Hall–Kier alpha value is -0.890. The second-order valence-electron chi connectivity index (χ2n) is 4.89. The lowest BCUT2D eigenvalue weighted by Gasteiger charge is -2.35. The molecule has 1 saturated heterocycles. The molecule has 0 bridgehead atoms. The van der Waals surface area contributed by atoms with Crippen molar-refractivity contribution in [1.82, 2.24) is 5.32 Å². The van der Waals surface area contributed by atoms with Crippen molar-refractivity contribution >= 4 is 0 Å². The Labute approximate surface area is 89.7 Å². The fourth-order valence-electron chi connectivity index (χ4n) is 2.62. The van der Waals surface area contributed by atoms with Gasteiger partial charge >= 0.3 is 0 Å². The molecule has 2 heteroatoms. The van der Waals surface area contributed by atoms with Crippen molar-refractivity contribution in [2.45, 2.75) is 31.4 Å². The molecule has 0 unspecified atom stereocenters. The van der Waals surface area contributed by atoms with Crippen molar-refractivity contribution in [3.05, 3.63) is 34.9 Å². The van der Waals surface area contributed by atoms with Gasteiger partial charge in [0, 0.05) is 19.5 Å². The van der Waals surface area contributed by atoms with E-state index in [1.165, 1.54) is 36.0 Å². The Bertz CT molecular complexity index is 382. The lowest BCUT2D eigenvalue weighted by Crippen LogP contribution is -2.57. The summed E-state index contributed by atoms with van der Waals surface area (Å²) in [6.45, 7) is 1.04. The van der Waals surface area contributed by atoms with Gasteiger partial charge in [0.25, 0.3) is 0 Å². The van der Waals surface area contributed by atoms with Crippen molar-refractivity contribution in [3.8, 4) is 0 Å². The summed E-state index contributed by atoms with van der Waals surface area (Å²) < 4.78 is 13.9. The number of alkyl halides is 1. The van der Waals surface area contributed by atoms with E-state index in [-0.39, 0.29) is 0 Å². The molecular weight excluding hydrogens is 189 g/mol. The zero-order valence-electron chi connectivity index (χ0n) is 8.85. The first-order valence-electron chi connectivity index (χ1n) is 5.76. The summed E-state index contributed by atoms with van der Waals surface area (Å²) in [5, 5.41) is 3.00. The molecule has 0 aromatic heterocycles. The van der Waals surface area contributed by atoms with Crippen LogP contribution in [0.25, 0.3) is 0 Å². The minimum absolute atomic E-state index is 0.518. The molecule has 0 spiro atoms. The third-order valence-corrected chi connectivity index (χ3v) is 3.57. The molecule has 1 aromatic rings. The second-order valence-corrected chi connectivity index (χ2v) is 4.89. The minimum atomic E-state index is -0.979. The second kappa shape index (κ2) is 3.31. The van der Waals surface area contributed by atoms with Crippen molar-refractivity contribution < 1.29 is 4.39 Å². The Morgan fingerprint density at radius 2 is 2.00 bits per heavy atom. The molecule has 2 aliphatic rings. The number of fused-ring (bicyclic) bond motifs is 1. The summed E-state index contributed by atoms with van der Waals surface area (Å²) in [6.07, 6.45) is 4.23. The molecule has 0 radical (unpaired) electrons. The number of nitrogens with one attached hydrogen (secondary N) is 1. The number of aryl methyl sites for hydroxylation is 2. The molecule has 80 valence electrons. The summed E-state index contributed by atoms with van der Waals surface area (Å²) in [5.41, 5.74) is 3.11. The molecule has 1 aliphatic heterocycles. The predicted molar refractivity (Wildman–Crippen MR) is 58.9 cm³/mol. The molecule has 1 aliphatic carbocycles. The largest absolute Gasteiger partial charge is 0.310 e. The van der Waals surface area contributed by atoms with Crippen molar-refractivity contribution in [2.75, 3.05) is 13.1 Å². The zero-order chi connectivity index (χ0) is 10.3. The van der Waals surface area contributed by atoms with Gasteiger partial charge < -0.3 is 5.32 Å². The number of hydrogen-bond acceptors (Lipinski definition) is 1. The van der Waals surface area contributed by atoms with Gasteiger partial charge in [-0.3, -0.25) is 0 Å². The first-order valence-corrected chi connectivity index (χ1v) is 5.76. The number of rotatable bonds is 2. The monoisotopic (exact) mass is 205 g/mol. The topological polar surface area (TPSA) is 12.0 Å². The van der Waals surface area contributed by atoms with Gasteiger partial charge in [0.15, 0.2) is 0 Å². The highest BCUT2D eigenvalue weighted by Crippen LogP contribution is 2.27. The maximum atomic E-state index is 13.9. The van der Waals surface area contributed by atoms with E-state index in [0.717, 1.165) is 0 Å². The highest BCUT2D eigenvalue weighted by molar-refractivity contribution is 5.36.